The SMILES string of the molecule is CN(C)C(=O)N1CCN(Cc2ccc(-c3ccccc3Cl)cc2)C[C@H]1Cc1ccccc1. The minimum Gasteiger partial charge on any atom is -0.331 e. The molecule has 0 aliphatic carbocycles. The molecule has 166 valence electrons. The summed E-state index contributed by atoms with van der Waals surface area (Å²) in [6.07, 6.45) is 0.863. The molecule has 0 spiro atoms. The number of piperazine rings is 1. The van der Waals surface area contributed by atoms with Crippen molar-refractivity contribution in [3.8, 4) is 11.1 Å². The Morgan fingerprint density at radius 1 is 0.906 bits per heavy atom. The van der Waals surface area contributed by atoms with Crippen LogP contribution < -0.4 is 0 Å². The van der Waals surface area contributed by atoms with Gasteiger partial charge in [-0.3, -0.25) is 4.90 Å². The van der Waals surface area contributed by atoms with Crippen LogP contribution in [-0.2, 0) is 13.0 Å². The van der Waals surface area contributed by atoms with Crippen molar-refractivity contribution in [2.24, 2.45) is 0 Å². The normalized spacial score (nSPS) is 16.7. The number of rotatable bonds is 5. The number of nitrogens with zero attached hydrogens (tertiary/aromatic N) is 3. The van der Waals surface area contributed by atoms with Gasteiger partial charge >= 0.3 is 6.03 Å². The van der Waals surface area contributed by atoms with E-state index >= 15 is 0 Å². The highest BCUT2D eigenvalue weighted by Gasteiger charge is 2.31. The van der Waals surface area contributed by atoms with E-state index in [1.165, 1.54) is 11.1 Å². The molecule has 1 heterocycles. The molecular weight excluding hydrogens is 418 g/mol. The lowest BCUT2D eigenvalue weighted by atomic mass is 10.0. The fraction of sp³-hybridized carbons (Fsp3) is 0.296. The minimum absolute atomic E-state index is 0.0923. The molecule has 0 aromatic heterocycles. The van der Waals surface area contributed by atoms with Gasteiger partial charge in [0.05, 0.1) is 6.04 Å². The number of hydrogen-bond acceptors (Lipinski definition) is 2. The van der Waals surface area contributed by atoms with Crippen LogP contribution in [0.25, 0.3) is 11.1 Å². The molecule has 1 atom stereocenters. The maximum absolute atomic E-state index is 12.8. The number of benzene rings is 3. The first-order valence-electron chi connectivity index (χ1n) is 11.1. The minimum atomic E-state index is 0.0923. The highest BCUT2D eigenvalue weighted by molar-refractivity contribution is 6.33. The second-order valence-corrected chi connectivity index (χ2v) is 9.03. The molecule has 0 unspecified atom stereocenters. The van der Waals surface area contributed by atoms with Crippen LogP contribution in [0.15, 0.2) is 78.9 Å². The number of urea groups is 1. The van der Waals surface area contributed by atoms with Crippen molar-refractivity contribution in [1.82, 2.24) is 14.7 Å². The van der Waals surface area contributed by atoms with E-state index in [0.29, 0.717) is 0 Å². The summed E-state index contributed by atoms with van der Waals surface area (Å²) in [6, 6.07) is 27.3. The monoisotopic (exact) mass is 447 g/mol. The van der Waals surface area contributed by atoms with E-state index in [-0.39, 0.29) is 12.1 Å². The summed E-state index contributed by atoms with van der Waals surface area (Å²) in [7, 11) is 3.66. The first kappa shape index (κ1) is 22.4. The van der Waals surface area contributed by atoms with Gasteiger partial charge < -0.3 is 9.80 Å². The third-order valence-corrected chi connectivity index (χ3v) is 6.38. The van der Waals surface area contributed by atoms with Gasteiger partial charge in [0, 0.05) is 50.9 Å². The number of hydrogen-bond donors (Lipinski definition) is 0. The average molecular weight is 448 g/mol. The summed E-state index contributed by atoms with van der Waals surface area (Å²) in [4.78, 5) is 19.0. The lowest BCUT2D eigenvalue weighted by molar-refractivity contribution is 0.0779. The van der Waals surface area contributed by atoms with Gasteiger partial charge in [0.2, 0.25) is 0 Å². The van der Waals surface area contributed by atoms with Gasteiger partial charge in [-0.05, 0) is 29.2 Å². The molecule has 4 nitrogen and oxygen atoms in total. The van der Waals surface area contributed by atoms with Crippen molar-refractivity contribution in [2.75, 3.05) is 33.7 Å². The predicted molar refractivity (Wildman–Crippen MR) is 132 cm³/mol. The first-order valence-corrected chi connectivity index (χ1v) is 11.5. The van der Waals surface area contributed by atoms with Crippen LogP contribution >= 0.6 is 11.6 Å². The topological polar surface area (TPSA) is 26.8 Å². The predicted octanol–water partition coefficient (Wildman–Crippen LogP) is 5.42. The molecule has 1 aliphatic heterocycles. The van der Waals surface area contributed by atoms with Crippen molar-refractivity contribution in [3.63, 3.8) is 0 Å². The molecule has 3 aromatic carbocycles. The van der Waals surface area contributed by atoms with Crippen molar-refractivity contribution in [2.45, 2.75) is 19.0 Å². The van der Waals surface area contributed by atoms with Crippen LogP contribution in [0.3, 0.4) is 0 Å². The smallest absolute Gasteiger partial charge is 0.319 e. The van der Waals surface area contributed by atoms with Crippen LogP contribution in [0.5, 0.6) is 0 Å². The van der Waals surface area contributed by atoms with Crippen molar-refractivity contribution in [3.05, 3.63) is 95.0 Å². The fourth-order valence-corrected chi connectivity index (χ4v) is 4.62. The molecule has 1 fully saturated rings. The molecule has 0 radical (unpaired) electrons. The van der Waals surface area contributed by atoms with Gasteiger partial charge in [-0.1, -0.05) is 84.4 Å². The van der Waals surface area contributed by atoms with E-state index in [0.717, 1.165) is 48.7 Å². The second kappa shape index (κ2) is 10.2. The Kier molecular flexibility index (Phi) is 7.13. The molecule has 1 saturated heterocycles. The lowest BCUT2D eigenvalue weighted by Crippen LogP contribution is -2.57. The standard InChI is InChI=1S/C27H30ClN3O/c1-29(2)27(32)31-17-16-30(20-24(31)18-21-8-4-3-5-9-21)19-22-12-14-23(15-13-22)25-10-6-7-11-26(25)28/h3-15,24H,16-20H2,1-2H3/t24-/m1/s1. The summed E-state index contributed by atoms with van der Waals surface area (Å²) in [5, 5.41) is 0.769. The molecule has 1 aliphatic rings. The molecular formula is C27H30ClN3O. The summed E-state index contributed by atoms with van der Waals surface area (Å²) in [6.45, 7) is 3.35. The zero-order valence-corrected chi connectivity index (χ0v) is 19.5. The lowest BCUT2D eigenvalue weighted by Gasteiger charge is -2.42. The summed E-state index contributed by atoms with van der Waals surface area (Å²) < 4.78 is 0. The summed E-state index contributed by atoms with van der Waals surface area (Å²) in [5.41, 5.74) is 4.72. The molecule has 4 rings (SSSR count). The zero-order valence-electron chi connectivity index (χ0n) is 18.7. The fourth-order valence-electron chi connectivity index (χ4n) is 4.38. The molecule has 0 saturated carbocycles. The first-order chi connectivity index (χ1) is 15.5. The van der Waals surface area contributed by atoms with E-state index < -0.39 is 0 Å². The van der Waals surface area contributed by atoms with E-state index in [1.54, 1.807) is 4.90 Å². The maximum atomic E-state index is 12.8. The third-order valence-electron chi connectivity index (χ3n) is 6.05. The Balaban J connectivity index is 1.46. The van der Waals surface area contributed by atoms with E-state index in [4.69, 9.17) is 11.6 Å². The zero-order chi connectivity index (χ0) is 22.5. The molecule has 2 amide bonds. The summed E-state index contributed by atoms with van der Waals surface area (Å²) >= 11 is 6.35. The Labute approximate surface area is 196 Å². The van der Waals surface area contributed by atoms with Gasteiger partial charge in [-0.2, -0.15) is 0 Å². The van der Waals surface area contributed by atoms with Crippen molar-refractivity contribution >= 4 is 17.6 Å². The van der Waals surface area contributed by atoms with Gasteiger partial charge in [0.1, 0.15) is 0 Å². The number of amides is 2. The number of carbonyl (C=O) groups excluding carboxylic acids is 1. The average Bonchev–Trinajstić information content (AvgIpc) is 2.80. The third kappa shape index (κ3) is 5.32. The van der Waals surface area contributed by atoms with E-state index in [1.807, 2.05) is 49.3 Å². The van der Waals surface area contributed by atoms with E-state index in [9.17, 15) is 4.79 Å². The Hall–Kier alpha value is -2.82. The largest absolute Gasteiger partial charge is 0.331 e. The van der Waals surface area contributed by atoms with Gasteiger partial charge in [0.15, 0.2) is 0 Å². The van der Waals surface area contributed by atoms with E-state index in [2.05, 4.69) is 53.4 Å². The quantitative estimate of drug-likeness (QED) is 0.522. The Morgan fingerprint density at radius 3 is 2.28 bits per heavy atom. The van der Waals surface area contributed by atoms with Gasteiger partial charge in [0.25, 0.3) is 0 Å². The van der Waals surface area contributed by atoms with Crippen LogP contribution in [0.2, 0.25) is 5.02 Å². The highest BCUT2D eigenvalue weighted by atomic mass is 35.5. The molecule has 3 aromatic rings. The molecule has 0 bridgehead atoms. The number of carbonyl (C=O) groups is 1. The second-order valence-electron chi connectivity index (χ2n) is 8.63. The maximum Gasteiger partial charge on any atom is 0.319 e. The highest BCUT2D eigenvalue weighted by Crippen LogP contribution is 2.28. The molecule has 5 heteroatoms. The van der Waals surface area contributed by atoms with Gasteiger partial charge in [-0.25, -0.2) is 4.79 Å². The van der Waals surface area contributed by atoms with Crippen LogP contribution in [-0.4, -0.2) is 60.5 Å². The molecule has 0 N–H and O–H groups in total. The van der Waals surface area contributed by atoms with Gasteiger partial charge in [-0.15, -0.1) is 0 Å². The summed E-state index contributed by atoms with van der Waals surface area (Å²) in [5.74, 6) is 0. The van der Waals surface area contributed by atoms with Crippen LogP contribution in [0.1, 0.15) is 11.1 Å². The number of halogens is 1. The van der Waals surface area contributed by atoms with Crippen LogP contribution in [0, 0.1) is 0 Å². The Bertz CT molecular complexity index is 1040. The Morgan fingerprint density at radius 2 is 1.59 bits per heavy atom. The van der Waals surface area contributed by atoms with Crippen molar-refractivity contribution < 1.29 is 4.79 Å². The molecule has 32 heavy (non-hydrogen) atoms. The van der Waals surface area contributed by atoms with Crippen LogP contribution in [0.4, 0.5) is 4.79 Å². The van der Waals surface area contributed by atoms with Crippen molar-refractivity contribution in [1.29, 1.82) is 0 Å².